The first-order valence-electron chi connectivity index (χ1n) is 8.59. The highest BCUT2D eigenvalue weighted by molar-refractivity contribution is 6.04. The van der Waals surface area contributed by atoms with Crippen molar-refractivity contribution >= 4 is 22.5 Å². The van der Waals surface area contributed by atoms with Crippen LogP contribution in [0.25, 0.3) is 10.9 Å². The van der Waals surface area contributed by atoms with E-state index in [1.807, 2.05) is 36.4 Å². The molecule has 27 heavy (non-hydrogen) atoms. The number of rotatable bonds is 7. The van der Waals surface area contributed by atoms with Gasteiger partial charge in [0, 0.05) is 11.5 Å². The van der Waals surface area contributed by atoms with E-state index < -0.39 is 5.91 Å². The molecular weight excluding hydrogens is 344 g/mol. The van der Waals surface area contributed by atoms with E-state index >= 15 is 0 Å². The molecule has 7 heteroatoms. The minimum atomic E-state index is -0.682. The first-order chi connectivity index (χ1) is 13.0. The Kier molecular flexibility index (Phi) is 5.40. The van der Waals surface area contributed by atoms with Gasteiger partial charge in [0.25, 0.3) is 5.91 Å². The molecule has 0 unspecified atom stereocenters. The number of nitrogens with zero attached hydrogens (tertiary/aromatic N) is 2. The van der Waals surface area contributed by atoms with E-state index in [1.54, 1.807) is 14.2 Å². The number of benzene rings is 2. The zero-order valence-electron chi connectivity index (χ0n) is 15.4. The van der Waals surface area contributed by atoms with Crippen molar-refractivity contribution in [2.75, 3.05) is 20.0 Å². The van der Waals surface area contributed by atoms with E-state index in [9.17, 15) is 4.79 Å². The fourth-order valence-corrected chi connectivity index (χ4v) is 3.12. The Morgan fingerprint density at radius 2 is 1.81 bits per heavy atom. The van der Waals surface area contributed by atoms with Crippen LogP contribution in [0, 0.1) is 0 Å². The third kappa shape index (κ3) is 3.76. The predicted octanol–water partition coefficient (Wildman–Crippen LogP) is 2.50. The number of ether oxygens (including phenoxy) is 2. The Labute approximate surface area is 157 Å². The molecule has 0 saturated carbocycles. The molecule has 0 fully saturated rings. The van der Waals surface area contributed by atoms with Crippen molar-refractivity contribution in [3.63, 3.8) is 0 Å². The lowest BCUT2D eigenvalue weighted by atomic mass is 10.0. The number of anilines is 1. The zero-order chi connectivity index (χ0) is 19.4. The van der Waals surface area contributed by atoms with Crippen molar-refractivity contribution < 1.29 is 14.3 Å². The molecule has 0 aliphatic heterocycles. The summed E-state index contributed by atoms with van der Waals surface area (Å²) in [4.78, 5) is 11.4. The number of fused-ring (bicyclic) bond motifs is 1. The summed E-state index contributed by atoms with van der Waals surface area (Å²) in [5.41, 5.74) is 14.4. The highest BCUT2D eigenvalue weighted by Gasteiger charge is 2.14. The summed E-state index contributed by atoms with van der Waals surface area (Å²) in [6.45, 7) is 0. The molecule has 140 valence electrons. The molecule has 0 radical (unpaired) electrons. The van der Waals surface area contributed by atoms with Gasteiger partial charge in [-0.3, -0.25) is 4.79 Å². The van der Waals surface area contributed by atoms with Gasteiger partial charge in [0.05, 0.1) is 25.4 Å². The molecule has 4 N–H and O–H groups in total. The molecular formula is C20H22N4O3. The van der Waals surface area contributed by atoms with Crippen LogP contribution < -0.4 is 20.9 Å². The molecule has 0 spiro atoms. The lowest BCUT2D eigenvalue weighted by molar-refractivity contribution is 0.0996. The van der Waals surface area contributed by atoms with E-state index in [2.05, 4.69) is 10.2 Å². The Bertz CT molecular complexity index is 988. The molecule has 3 rings (SSSR count). The summed E-state index contributed by atoms with van der Waals surface area (Å²) in [5, 5.41) is 8.76. The number of nitrogens with two attached hydrogens (primary N) is 2. The van der Waals surface area contributed by atoms with Crippen molar-refractivity contribution in [2.24, 2.45) is 5.73 Å². The first-order valence-corrected chi connectivity index (χ1v) is 8.59. The molecule has 2 aromatic carbocycles. The Morgan fingerprint density at radius 3 is 2.52 bits per heavy atom. The van der Waals surface area contributed by atoms with Crippen LogP contribution in [0.2, 0.25) is 0 Å². The molecule has 0 bridgehead atoms. The smallest absolute Gasteiger partial charge is 0.271 e. The maximum absolute atomic E-state index is 11.4. The monoisotopic (exact) mass is 366 g/mol. The van der Waals surface area contributed by atoms with Gasteiger partial charge >= 0.3 is 0 Å². The number of aromatic nitrogens is 2. The molecule has 7 nitrogen and oxygen atoms in total. The third-order valence-corrected chi connectivity index (χ3v) is 4.53. The molecule has 0 aliphatic rings. The van der Waals surface area contributed by atoms with Gasteiger partial charge in [-0.05, 0) is 36.5 Å². The Morgan fingerprint density at radius 1 is 1.04 bits per heavy atom. The predicted molar refractivity (Wildman–Crippen MR) is 104 cm³/mol. The average molecular weight is 366 g/mol. The van der Waals surface area contributed by atoms with Crippen molar-refractivity contribution in [3.8, 4) is 11.5 Å². The fraction of sp³-hybridized carbons (Fsp3) is 0.250. The number of hydrogen-bond donors (Lipinski definition) is 2. The highest BCUT2D eigenvalue weighted by atomic mass is 16.5. The molecule has 0 aliphatic carbocycles. The van der Waals surface area contributed by atoms with Gasteiger partial charge in [-0.15, -0.1) is 10.2 Å². The van der Waals surface area contributed by atoms with Gasteiger partial charge < -0.3 is 20.9 Å². The number of aryl methyl sites for hydroxylation is 2. The van der Waals surface area contributed by atoms with E-state index in [4.69, 9.17) is 20.9 Å². The first kappa shape index (κ1) is 18.4. The van der Waals surface area contributed by atoms with E-state index in [0.29, 0.717) is 10.9 Å². The van der Waals surface area contributed by atoms with Gasteiger partial charge in [-0.25, -0.2) is 0 Å². The number of amides is 1. The van der Waals surface area contributed by atoms with Crippen molar-refractivity contribution in [3.05, 3.63) is 53.2 Å². The Hall–Kier alpha value is -3.35. The van der Waals surface area contributed by atoms with Crippen LogP contribution in [0.15, 0.2) is 36.4 Å². The molecule has 1 aromatic heterocycles. The fourth-order valence-electron chi connectivity index (χ4n) is 3.12. The van der Waals surface area contributed by atoms with Crippen LogP contribution in [0.3, 0.4) is 0 Å². The second-order valence-corrected chi connectivity index (χ2v) is 6.17. The topological polar surface area (TPSA) is 113 Å². The second kappa shape index (κ2) is 7.90. The van der Waals surface area contributed by atoms with Crippen LogP contribution in [-0.4, -0.2) is 30.3 Å². The minimum absolute atomic E-state index is 0.00243. The largest absolute Gasteiger partial charge is 0.497 e. The summed E-state index contributed by atoms with van der Waals surface area (Å²) in [6, 6.07) is 11.5. The summed E-state index contributed by atoms with van der Waals surface area (Å²) in [6.07, 6.45) is 2.52. The summed E-state index contributed by atoms with van der Waals surface area (Å²) in [7, 11) is 3.28. The lowest BCUT2D eigenvalue weighted by Crippen LogP contribution is -2.17. The summed E-state index contributed by atoms with van der Waals surface area (Å²) in [5.74, 6) is 0.891. The standard InChI is InChI=1S/C20H22N4O3/c1-26-14-10-9-12(16(11-14)27-2)5-3-6-13-7-4-8-15-17(21)19(20(22)25)24-23-18(13)15/h4,7-11H,3,5-6H2,1-2H3,(H2,21,23)(H2,22,25). The number of carbonyl (C=O) groups is 1. The van der Waals surface area contributed by atoms with Gasteiger partial charge in [0.15, 0.2) is 5.69 Å². The van der Waals surface area contributed by atoms with Gasteiger partial charge in [0.2, 0.25) is 0 Å². The van der Waals surface area contributed by atoms with E-state index in [-0.39, 0.29) is 11.4 Å². The van der Waals surface area contributed by atoms with E-state index in [0.717, 1.165) is 41.9 Å². The van der Waals surface area contributed by atoms with Crippen molar-refractivity contribution in [1.82, 2.24) is 10.2 Å². The SMILES string of the molecule is COc1ccc(CCCc2cccc3c(N)c(C(N)=O)nnc23)c(OC)c1. The number of nitrogen functional groups attached to an aromatic ring is 1. The van der Waals surface area contributed by atoms with Crippen molar-refractivity contribution in [2.45, 2.75) is 19.3 Å². The number of primary amides is 1. The van der Waals surface area contributed by atoms with Crippen LogP contribution >= 0.6 is 0 Å². The number of methoxy groups -OCH3 is 2. The quantitative estimate of drug-likeness (QED) is 0.664. The van der Waals surface area contributed by atoms with Crippen LogP contribution in [0.4, 0.5) is 5.69 Å². The average Bonchev–Trinajstić information content (AvgIpc) is 2.68. The summed E-state index contributed by atoms with van der Waals surface area (Å²) < 4.78 is 10.7. The third-order valence-electron chi connectivity index (χ3n) is 4.53. The van der Waals surface area contributed by atoms with Gasteiger partial charge in [0.1, 0.15) is 11.5 Å². The van der Waals surface area contributed by atoms with Crippen molar-refractivity contribution in [1.29, 1.82) is 0 Å². The molecule has 1 amide bonds. The molecule has 3 aromatic rings. The van der Waals surface area contributed by atoms with Crippen LogP contribution in [0.1, 0.15) is 28.0 Å². The number of hydrogen-bond acceptors (Lipinski definition) is 6. The van der Waals surface area contributed by atoms with Gasteiger partial charge in [-0.1, -0.05) is 24.3 Å². The van der Waals surface area contributed by atoms with E-state index in [1.165, 1.54) is 0 Å². The minimum Gasteiger partial charge on any atom is -0.497 e. The normalized spacial score (nSPS) is 10.7. The lowest BCUT2D eigenvalue weighted by Gasteiger charge is -2.11. The van der Waals surface area contributed by atoms with Gasteiger partial charge in [-0.2, -0.15) is 0 Å². The highest BCUT2D eigenvalue weighted by Crippen LogP contribution is 2.28. The Balaban J connectivity index is 1.80. The summed E-state index contributed by atoms with van der Waals surface area (Å²) >= 11 is 0. The maximum Gasteiger partial charge on any atom is 0.271 e. The molecule has 0 saturated heterocycles. The maximum atomic E-state index is 11.4. The molecule has 0 atom stereocenters. The van der Waals surface area contributed by atoms with Crippen LogP contribution in [0.5, 0.6) is 11.5 Å². The zero-order valence-corrected chi connectivity index (χ0v) is 15.4. The second-order valence-electron chi connectivity index (χ2n) is 6.17. The molecule has 1 heterocycles. The van der Waals surface area contributed by atoms with Crippen LogP contribution in [-0.2, 0) is 12.8 Å². The number of carbonyl (C=O) groups excluding carboxylic acids is 1.